The summed E-state index contributed by atoms with van der Waals surface area (Å²) in [6.07, 6.45) is 1.31. The van der Waals surface area contributed by atoms with Gasteiger partial charge >= 0.3 is 0 Å². The minimum atomic E-state index is -0.539. The Bertz CT molecular complexity index is 1070. The van der Waals surface area contributed by atoms with Gasteiger partial charge in [0.1, 0.15) is 5.70 Å². The van der Waals surface area contributed by atoms with Gasteiger partial charge in [0.05, 0.1) is 12.0 Å². The molecule has 0 saturated heterocycles. The van der Waals surface area contributed by atoms with Gasteiger partial charge in [-0.2, -0.15) is 0 Å². The van der Waals surface area contributed by atoms with Gasteiger partial charge in [-0.1, -0.05) is 36.0 Å². The second-order valence-electron chi connectivity index (χ2n) is 5.94. The number of hydrogen-bond donors (Lipinski definition) is 2. The van der Waals surface area contributed by atoms with E-state index in [1.165, 1.54) is 11.8 Å². The number of thioether (sulfide) groups is 1. The SMILES string of the molecule is CCOc1cc(C2N=c3ccccc3=C3C(=O)NC(SC)=NN32)ccc1O. The highest BCUT2D eigenvalue weighted by molar-refractivity contribution is 8.13. The summed E-state index contributed by atoms with van der Waals surface area (Å²) in [6, 6.07) is 12.6. The lowest BCUT2D eigenvalue weighted by atomic mass is 10.1. The van der Waals surface area contributed by atoms with Crippen LogP contribution in [0.5, 0.6) is 11.5 Å². The van der Waals surface area contributed by atoms with Gasteiger partial charge in [0.15, 0.2) is 22.8 Å². The summed E-state index contributed by atoms with van der Waals surface area (Å²) in [5, 5.41) is 21.0. The fraction of sp³-hybridized carbons (Fsp3) is 0.211. The van der Waals surface area contributed by atoms with E-state index in [2.05, 4.69) is 10.4 Å². The maximum atomic E-state index is 12.8. The number of amidine groups is 1. The molecule has 27 heavy (non-hydrogen) atoms. The molecule has 1 amide bonds. The van der Waals surface area contributed by atoms with Crippen LogP contribution < -0.4 is 20.6 Å². The molecule has 0 bridgehead atoms. The van der Waals surface area contributed by atoms with E-state index >= 15 is 0 Å². The Balaban J connectivity index is 1.93. The molecule has 0 spiro atoms. The molecule has 7 nitrogen and oxygen atoms in total. The van der Waals surface area contributed by atoms with E-state index < -0.39 is 6.17 Å². The van der Waals surface area contributed by atoms with Crippen molar-refractivity contribution in [3.05, 3.63) is 58.6 Å². The van der Waals surface area contributed by atoms with E-state index in [9.17, 15) is 9.90 Å². The maximum absolute atomic E-state index is 12.8. The molecule has 0 radical (unpaired) electrons. The third-order valence-corrected chi connectivity index (χ3v) is 4.86. The van der Waals surface area contributed by atoms with Crippen LogP contribution in [-0.2, 0) is 4.79 Å². The Kier molecular flexibility index (Phi) is 4.49. The molecule has 2 N–H and O–H groups in total. The van der Waals surface area contributed by atoms with E-state index in [1.54, 1.807) is 23.2 Å². The topological polar surface area (TPSA) is 86.5 Å². The van der Waals surface area contributed by atoms with E-state index in [0.717, 1.165) is 16.1 Å². The van der Waals surface area contributed by atoms with Crippen LogP contribution in [0.3, 0.4) is 0 Å². The van der Waals surface area contributed by atoms with Gasteiger partial charge in [-0.25, -0.2) is 5.01 Å². The number of benzene rings is 2. The third kappa shape index (κ3) is 3.02. The maximum Gasteiger partial charge on any atom is 0.276 e. The number of carbonyl (C=O) groups is 1. The van der Waals surface area contributed by atoms with Crippen LogP contribution in [-0.4, -0.2) is 34.1 Å². The minimum absolute atomic E-state index is 0.0608. The number of phenols is 1. The first-order valence-electron chi connectivity index (χ1n) is 8.48. The number of rotatable bonds is 3. The van der Waals surface area contributed by atoms with E-state index in [0.29, 0.717) is 23.2 Å². The summed E-state index contributed by atoms with van der Waals surface area (Å²) in [4.78, 5) is 17.6. The molecule has 0 aromatic heterocycles. The van der Waals surface area contributed by atoms with Crippen molar-refractivity contribution in [3.63, 3.8) is 0 Å². The molecular formula is C19H18N4O3S. The average Bonchev–Trinajstić information content (AvgIpc) is 2.68. The zero-order valence-corrected chi connectivity index (χ0v) is 15.7. The summed E-state index contributed by atoms with van der Waals surface area (Å²) in [7, 11) is 0. The number of fused-ring (bicyclic) bond motifs is 2. The Labute approximate surface area is 160 Å². The predicted molar refractivity (Wildman–Crippen MR) is 104 cm³/mol. The number of aromatic hydroxyl groups is 1. The van der Waals surface area contributed by atoms with Crippen molar-refractivity contribution in [2.24, 2.45) is 10.1 Å². The van der Waals surface area contributed by atoms with Crippen LogP contribution in [0.1, 0.15) is 18.7 Å². The van der Waals surface area contributed by atoms with Crippen LogP contribution in [0, 0.1) is 0 Å². The lowest BCUT2D eigenvalue weighted by Gasteiger charge is -2.34. The first kappa shape index (κ1) is 17.4. The van der Waals surface area contributed by atoms with Crippen LogP contribution in [0.25, 0.3) is 5.70 Å². The van der Waals surface area contributed by atoms with Gasteiger partial charge in [0, 0.05) is 10.8 Å². The molecule has 2 aromatic carbocycles. The minimum Gasteiger partial charge on any atom is -0.504 e. The molecule has 1 unspecified atom stereocenters. The monoisotopic (exact) mass is 382 g/mol. The number of nitrogens with zero attached hydrogens (tertiary/aromatic N) is 3. The average molecular weight is 382 g/mol. The molecule has 138 valence electrons. The van der Waals surface area contributed by atoms with E-state index in [1.807, 2.05) is 37.4 Å². The van der Waals surface area contributed by atoms with Gasteiger partial charge in [-0.15, -0.1) is 5.10 Å². The van der Waals surface area contributed by atoms with E-state index in [-0.39, 0.29) is 11.7 Å². The van der Waals surface area contributed by atoms with Gasteiger partial charge in [-0.05, 0) is 31.4 Å². The van der Waals surface area contributed by atoms with Crippen molar-refractivity contribution in [2.75, 3.05) is 12.9 Å². The van der Waals surface area contributed by atoms with Gasteiger partial charge < -0.3 is 9.84 Å². The summed E-state index contributed by atoms with van der Waals surface area (Å²) in [6.45, 7) is 2.28. The first-order valence-corrected chi connectivity index (χ1v) is 9.71. The number of amides is 1. The second kappa shape index (κ2) is 6.96. The lowest BCUT2D eigenvalue weighted by molar-refractivity contribution is -0.116. The number of phenolic OH excluding ortho intramolecular Hbond substituents is 1. The van der Waals surface area contributed by atoms with Crippen molar-refractivity contribution in [1.29, 1.82) is 0 Å². The molecule has 0 fully saturated rings. The molecule has 4 rings (SSSR count). The normalized spacial score (nSPS) is 18.1. The summed E-state index contributed by atoms with van der Waals surface area (Å²) >= 11 is 1.35. The van der Waals surface area contributed by atoms with Crippen molar-refractivity contribution in [2.45, 2.75) is 13.1 Å². The predicted octanol–water partition coefficient (Wildman–Crippen LogP) is 1.30. The Hall–Kier alpha value is -3.00. The quantitative estimate of drug-likeness (QED) is 0.836. The fourth-order valence-electron chi connectivity index (χ4n) is 3.10. The number of para-hydroxylation sites is 1. The summed E-state index contributed by atoms with van der Waals surface area (Å²) in [5.74, 6) is 0.220. The van der Waals surface area contributed by atoms with Crippen molar-refractivity contribution >= 4 is 28.5 Å². The molecule has 2 aromatic rings. The molecule has 2 aliphatic rings. The van der Waals surface area contributed by atoms with Crippen LogP contribution in [0.15, 0.2) is 52.6 Å². The zero-order valence-electron chi connectivity index (χ0n) is 14.8. The third-order valence-electron chi connectivity index (χ3n) is 4.29. The second-order valence-corrected chi connectivity index (χ2v) is 6.73. The first-order chi connectivity index (χ1) is 13.1. The van der Waals surface area contributed by atoms with Gasteiger partial charge in [0.25, 0.3) is 5.91 Å². The molecule has 1 atom stereocenters. The zero-order chi connectivity index (χ0) is 19.0. The smallest absolute Gasteiger partial charge is 0.276 e. The van der Waals surface area contributed by atoms with Crippen molar-refractivity contribution in [3.8, 4) is 11.5 Å². The van der Waals surface area contributed by atoms with Gasteiger partial charge in [0.2, 0.25) is 0 Å². The number of hydrogen-bond acceptors (Lipinski definition) is 7. The summed E-state index contributed by atoms with van der Waals surface area (Å²) < 4.78 is 5.50. The number of carbonyl (C=O) groups excluding carboxylic acids is 1. The lowest BCUT2D eigenvalue weighted by Crippen LogP contribution is -2.50. The Morgan fingerprint density at radius 3 is 2.89 bits per heavy atom. The Morgan fingerprint density at radius 2 is 2.11 bits per heavy atom. The highest BCUT2D eigenvalue weighted by atomic mass is 32.2. The largest absolute Gasteiger partial charge is 0.504 e. The molecule has 2 aliphatic heterocycles. The molecule has 2 heterocycles. The fourth-order valence-corrected chi connectivity index (χ4v) is 3.46. The van der Waals surface area contributed by atoms with Crippen LogP contribution in [0.2, 0.25) is 0 Å². The standard InChI is InChI=1S/C19H18N4O3S/c1-3-26-15-10-11(8-9-14(15)24)17-20-13-7-5-4-6-12(13)16-18(25)21-19(27-2)22-23(16)17/h4-10,17,24H,3H2,1-2H3,(H,21,22,25). The van der Waals surface area contributed by atoms with Crippen molar-refractivity contribution in [1.82, 2.24) is 10.3 Å². The highest BCUT2D eigenvalue weighted by Crippen LogP contribution is 2.35. The molecule has 8 heteroatoms. The van der Waals surface area contributed by atoms with Crippen molar-refractivity contribution < 1.29 is 14.6 Å². The number of ether oxygens (including phenoxy) is 1. The highest BCUT2D eigenvalue weighted by Gasteiger charge is 2.34. The molecule has 0 saturated carbocycles. The van der Waals surface area contributed by atoms with Crippen LogP contribution in [0.4, 0.5) is 0 Å². The molecule has 0 aliphatic carbocycles. The van der Waals surface area contributed by atoms with Gasteiger partial charge in [-0.3, -0.25) is 15.1 Å². The number of hydrazone groups is 1. The van der Waals surface area contributed by atoms with Crippen LogP contribution >= 0.6 is 11.8 Å². The number of nitrogens with one attached hydrogen (secondary N) is 1. The van der Waals surface area contributed by atoms with E-state index in [4.69, 9.17) is 9.73 Å². The summed E-state index contributed by atoms with van der Waals surface area (Å²) in [5.41, 5.74) is 1.22. The molecular weight excluding hydrogens is 364 g/mol. The Morgan fingerprint density at radius 1 is 1.30 bits per heavy atom.